The second-order valence-electron chi connectivity index (χ2n) is 27.8. The number of hydrogen-bond acceptors (Lipinski definition) is 7. The van der Waals surface area contributed by atoms with Crippen LogP contribution in [0.1, 0.15) is 410 Å². The van der Waals surface area contributed by atoms with Gasteiger partial charge in [-0.25, -0.2) is 0 Å². The minimum Gasteiger partial charge on any atom is -0.393 e. The number of fused-ring (bicyclic) bond motifs is 2. The molecule has 0 fully saturated rings. The van der Waals surface area contributed by atoms with Crippen LogP contribution in [0.25, 0.3) is 0 Å². The molecule has 0 saturated carbocycles. The number of hydrogen-bond donors (Lipinski definition) is 2. The molecule has 0 bridgehead atoms. The Hall–Kier alpha value is -5.48. The number of imide groups is 2. The minimum absolute atomic E-state index is 0. The summed E-state index contributed by atoms with van der Waals surface area (Å²) in [7, 11) is 0. The highest BCUT2D eigenvalue weighted by molar-refractivity contribution is 6.21. The first kappa shape index (κ1) is 92.5. The molecule has 0 aromatic heterocycles. The summed E-state index contributed by atoms with van der Waals surface area (Å²) >= 11 is 0. The Balaban J connectivity index is 0.000000862. The summed E-state index contributed by atoms with van der Waals surface area (Å²) in [6, 6.07) is 13.3. The first-order chi connectivity index (χ1) is 48.7. The van der Waals surface area contributed by atoms with E-state index in [0.29, 0.717) is 11.1 Å². The van der Waals surface area contributed by atoms with E-state index in [-0.39, 0.29) is 47.6 Å². The van der Waals surface area contributed by atoms with Crippen molar-refractivity contribution in [2.24, 2.45) is 0 Å². The van der Waals surface area contributed by atoms with Crippen molar-refractivity contribution in [3.8, 4) is 0 Å². The molecule has 0 aliphatic carbocycles. The molecule has 2 aromatic carbocycles. The van der Waals surface area contributed by atoms with Crippen LogP contribution in [-0.2, 0) is 4.84 Å². The first-order valence-electron chi connectivity index (χ1n) is 40.9. The number of nitrogens with zero attached hydrogens (tertiary/aromatic N) is 2. The summed E-state index contributed by atoms with van der Waals surface area (Å²) in [6.45, 7) is 9.03. The van der Waals surface area contributed by atoms with Gasteiger partial charge in [-0.3, -0.25) is 29.2 Å². The lowest BCUT2D eigenvalue weighted by atomic mass is 10.0. The smallest absolute Gasteiger partial charge is 0.285 e. The van der Waals surface area contributed by atoms with Crippen molar-refractivity contribution < 1.29 is 34.3 Å². The van der Waals surface area contributed by atoms with Crippen LogP contribution in [0.5, 0.6) is 0 Å². The van der Waals surface area contributed by atoms with Crippen LogP contribution in [0.2, 0.25) is 0 Å². The summed E-state index contributed by atoms with van der Waals surface area (Å²) < 4.78 is 0. The zero-order chi connectivity index (χ0) is 71.4. The first-order valence-corrected chi connectivity index (χ1v) is 40.9. The second kappa shape index (κ2) is 69.2. The molecule has 0 atom stereocenters. The van der Waals surface area contributed by atoms with Crippen molar-refractivity contribution in [2.75, 3.05) is 0 Å². The Morgan fingerprint density at radius 2 is 0.510 bits per heavy atom. The van der Waals surface area contributed by atoms with Gasteiger partial charge in [0.2, 0.25) is 0 Å². The minimum atomic E-state index is -0.657. The summed E-state index contributed by atoms with van der Waals surface area (Å²) in [5, 5.41) is 20.3. The summed E-state index contributed by atoms with van der Waals surface area (Å²) in [4.78, 5) is 54.2. The van der Waals surface area contributed by atoms with Crippen LogP contribution in [0.3, 0.4) is 0 Å². The van der Waals surface area contributed by atoms with E-state index in [1.165, 1.54) is 282 Å². The fourth-order valence-corrected chi connectivity index (χ4v) is 12.4. The van der Waals surface area contributed by atoms with Gasteiger partial charge in [-0.2, -0.15) is 0 Å². The Morgan fingerprint density at radius 1 is 0.300 bits per heavy atom. The van der Waals surface area contributed by atoms with Crippen molar-refractivity contribution in [1.29, 1.82) is 0 Å². The number of carbonyl (C=O) groups excluding carboxylic acids is 4. The van der Waals surface area contributed by atoms with Crippen LogP contribution >= 0.6 is 0 Å². The molecule has 0 unspecified atom stereocenters. The number of rotatable bonds is 62. The van der Waals surface area contributed by atoms with Crippen molar-refractivity contribution >= 4 is 23.6 Å². The van der Waals surface area contributed by atoms with E-state index in [1.807, 2.05) is 0 Å². The van der Waals surface area contributed by atoms with Crippen molar-refractivity contribution in [3.63, 3.8) is 0 Å². The van der Waals surface area contributed by atoms with Crippen molar-refractivity contribution in [2.45, 2.75) is 381 Å². The Bertz CT molecular complexity index is 2370. The molecule has 2 aliphatic heterocycles. The maximum atomic E-state index is 13.0. The normalized spacial score (nSPS) is 13.2. The number of benzene rings is 2. The third-order valence-corrected chi connectivity index (χ3v) is 18.7. The number of unbranched alkanes of at least 4 members (excludes halogenated alkanes) is 36. The lowest BCUT2D eigenvalue weighted by Gasteiger charge is -2.22. The molecule has 0 radical (unpaired) electrons. The maximum Gasteiger partial charge on any atom is 0.285 e. The van der Waals surface area contributed by atoms with Crippen molar-refractivity contribution in [1.82, 2.24) is 10.1 Å². The molecule has 9 heteroatoms. The van der Waals surface area contributed by atoms with E-state index in [0.717, 1.165) is 69.3 Å². The second-order valence-corrected chi connectivity index (χ2v) is 27.8. The Labute approximate surface area is 614 Å². The summed E-state index contributed by atoms with van der Waals surface area (Å²) in [5.41, 5.74) is 1.41. The van der Waals surface area contributed by atoms with Gasteiger partial charge in [-0.05, 0) is 178 Å². The van der Waals surface area contributed by atoms with Crippen LogP contribution < -0.4 is 0 Å². The number of allylic oxidation sites excluding steroid dienone is 16. The molecular weight excluding hydrogens is 1230 g/mol. The third kappa shape index (κ3) is 50.0. The Morgan fingerprint density at radius 3 is 0.760 bits per heavy atom. The molecule has 100 heavy (non-hydrogen) atoms. The molecule has 2 heterocycles. The average molecular weight is 1380 g/mol. The lowest BCUT2D eigenvalue weighted by molar-refractivity contribution is -0.137. The quantitative estimate of drug-likeness (QED) is 0.0292. The largest absolute Gasteiger partial charge is 0.393 e. The fourth-order valence-electron chi connectivity index (χ4n) is 12.4. The number of hydroxylamine groups is 4. The molecular formula is C91H148N2O7. The lowest BCUT2D eigenvalue weighted by Crippen LogP contribution is -2.34. The maximum absolute atomic E-state index is 13.0. The molecule has 4 rings (SSSR count). The number of aliphatic hydroxyl groups excluding tert-OH is 1. The third-order valence-electron chi connectivity index (χ3n) is 18.7. The van der Waals surface area contributed by atoms with Gasteiger partial charge in [0.05, 0.1) is 34.5 Å². The number of amides is 4. The van der Waals surface area contributed by atoms with E-state index in [2.05, 4.69) is 125 Å². The number of carbonyl (C=O) groups is 4. The van der Waals surface area contributed by atoms with Crippen LogP contribution in [0.15, 0.2) is 146 Å². The topological polar surface area (TPSA) is 124 Å². The molecule has 4 amide bonds. The van der Waals surface area contributed by atoms with Gasteiger partial charge in [0.15, 0.2) is 0 Å². The molecule has 2 aliphatic rings. The predicted octanol–water partition coefficient (Wildman–Crippen LogP) is 28.1. The van der Waals surface area contributed by atoms with Gasteiger partial charge in [0.25, 0.3) is 23.6 Å². The summed E-state index contributed by atoms with van der Waals surface area (Å²) in [6.07, 6.45) is 101. The monoisotopic (exact) mass is 1380 g/mol. The average Bonchev–Trinajstić information content (AvgIpc) is 1.66. The summed E-state index contributed by atoms with van der Waals surface area (Å²) in [5.74, 6) is -1.95. The van der Waals surface area contributed by atoms with E-state index >= 15 is 0 Å². The predicted molar refractivity (Wildman–Crippen MR) is 429 cm³/mol. The van der Waals surface area contributed by atoms with Crippen LogP contribution in [0, 0.1) is 0 Å². The molecule has 564 valence electrons. The molecule has 9 nitrogen and oxygen atoms in total. The van der Waals surface area contributed by atoms with Gasteiger partial charge < -0.3 is 5.11 Å². The van der Waals surface area contributed by atoms with Crippen molar-refractivity contribution in [3.05, 3.63) is 168 Å². The molecule has 0 spiro atoms. The van der Waals surface area contributed by atoms with Gasteiger partial charge in [-0.1, -0.05) is 336 Å². The van der Waals surface area contributed by atoms with E-state index in [1.54, 1.807) is 36.4 Å². The molecule has 2 N–H and O–H groups in total. The van der Waals surface area contributed by atoms with E-state index in [9.17, 15) is 24.3 Å². The van der Waals surface area contributed by atoms with Crippen LogP contribution in [0.4, 0.5) is 0 Å². The fraction of sp³-hybridized carbons (Fsp3) is 0.648. The standard InChI is InChI=1S/C45H71NO3.C37H68O.C8H5NO3.CH4/c1-3-5-7-9-11-13-15-17-19-21-23-25-27-29-31-33-37-41(49-46-44(47)42-39-35-36-40-43(42)45(46)48)38-34-32-30-28-26-24-22-20-18-16-14-12-10-8-6-4-2;1-3-5-7-9-11-13-15-17-19-21-23-25-27-29-31-33-35-37(38)36-34-32-30-28-26-24-22-20-18-16-14-12-10-8-6-4-2;10-7-5-3-1-2-4-6(5)8(11)9(7)12;/h11-14,17-20,35-36,39-41H,3-10,15-16,21-34,37-38H2,1-2H3;11-14,17-20,37-38H,3-10,15-16,21-36H2,1-2H3;1-4,12H;1H4/b2*13-11-,14-12-,19-17-,20-18-;;. The van der Waals surface area contributed by atoms with Crippen LogP contribution in [-0.4, -0.2) is 56.3 Å². The van der Waals surface area contributed by atoms with Gasteiger partial charge in [-0.15, -0.1) is 10.1 Å². The highest BCUT2D eigenvalue weighted by Crippen LogP contribution is 2.27. The van der Waals surface area contributed by atoms with Gasteiger partial charge >= 0.3 is 0 Å². The number of aliphatic hydroxyl groups is 1. The zero-order valence-corrected chi connectivity index (χ0v) is 63.6. The van der Waals surface area contributed by atoms with Gasteiger partial charge in [0.1, 0.15) is 0 Å². The van der Waals surface area contributed by atoms with E-state index < -0.39 is 11.8 Å². The Kier molecular flexibility index (Phi) is 64.1. The SMILES string of the molecule is C.CCCCC/C=C\C/C=C\CCCCCCCCC(CCCCCCCC/C=C\C/C=C\CCCCC)ON1C(=O)c2ccccc2C1=O.CCCCC/C=C\C/C=C\CCCCCCCCC(O)CCCCCCCC/C=C\C/C=C\CCCCC.O=C1c2ccccc2C(=O)N1O. The highest BCUT2D eigenvalue weighted by Gasteiger charge is 2.38. The van der Waals surface area contributed by atoms with Gasteiger partial charge in [0, 0.05) is 0 Å². The zero-order valence-electron chi connectivity index (χ0n) is 63.6. The molecule has 0 saturated heterocycles. The highest BCUT2D eigenvalue weighted by atomic mass is 16.7. The molecule has 2 aromatic rings. The van der Waals surface area contributed by atoms with E-state index in [4.69, 9.17) is 10.0 Å².